The summed E-state index contributed by atoms with van der Waals surface area (Å²) in [5.74, 6) is -0.0863. The number of carbonyl (C=O) groups excluding carboxylic acids is 1. The van der Waals surface area contributed by atoms with Gasteiger partial charge in [-0.05, 0) is 85.5 Å². The molecular formula is C25H26ClN3O4S. The average molecular weight is 500 g/mol. The van der Waals surface area contributed by atoms with Gasteiger partial charge in [0, 0.05) is 5.02 Å². The zero-order chi connectivity index (χ0) is 24.9. The van der Waals surface area contributed by atoms with Gasteiger partial charge >= 0.3 is 0 Å². The number of halogens is 1. The van der Waals surface area contributed by atoms with Crippen LogP contribution in [-0.4, -0.2) is 34.2 Å². The predicted octanol–water partition coefficient (Wildman–Crippen LogP) is 4.62. The highest BCUT2D eigenvalue weighted by Crippen LogP contribution is 2.27. The molecule has 0 fully saturated rings. The first-order chi connectivity index (χ1) is 16.1. The molecule has 0 saturated carbocycles. The fourth-order valence-electron chi connectivity index (χ4n) is 3.28. The summed E-state index contributed by atoms with van der Waals surface area (Å²) in [7, 11) is -2.59. The highest BCUT2D eigenvalue weighted by molar-refractivity contribution is 7.92. The molecule has 0 aliphatic heterocycles. The molecule has 178 valence electrons. The van der Waals surface area contributed by atoms with Gasteiger partial charge in [0.05, 0.1) is 23.9 Å². The number of nitrogens with one attached hydrogen (secondary N) is 1. The van der Waals surface area contributed by atoms with E-state index in [1.54, 1.807) is 36.5 Å². The molecule has 0 aliphatic carbocycles. The van der Waals surface area contributed by atoms with Gasteiger partial charge < -0.3 is 4.74 Å². The van der Waals surface area contributed by atoms with Crippen LogP contribution in [0.1, 0.15) is 22.3 Å². The minimum Gasteiger partial charge on any atom is -0.497 e. The lowest BCUT2D eigenvalue weighted by Gasteiger charge is -2.24. The quantitative estimate of drug-likeness (QED) is 0.362. The summed E-state index contributed by atoms with van der Waals surface area (Å²) >= 11 is 6.09. The van der Waals surface area contributed by atoms with Crippen LogP contribution >= 0.6 is 11.6 Å². The van der Waals surface area contributed by atoms with Crippen molar-refractivity contribution >= 4 is 39.4 Å². The van der Waals surface area contributed by atoms with Gasteiger partial charge in [0.15, 0.2) is 0 Å². The summed E-state index contributed by atoms with van der Waals surface area (Å²) in [4.78, 5) is 12.7. The zero-order valence-electron chi connectivity index (χ0n) is 19.4. The van der Waals surface area contributed by atoms with Crippen molar-refractivity contribution in [1.82, 2.24) is 5.43 Å². The first-order valence-corrected chi connectivity index (χ1v) is 12.3. The maximum Gasteiger partial charge on any atom is 0.264 e. The number of anilines is 1. The van der Waals surface area contributed by atoms with Crippen molar-refractivity contribution < 1.29 is 17.9 Å². The Kier molecular flexibility index (Phi) is 7.96. The second-order valence-electron chi connectivity index (χ2n) is 7.68. The number of ether oxygens (including phenoxy) is 1. The van der Waals surface area contributed by atoms with Gasteiger partial charge in [-0.15, -0.1) is 0 Å². The van der Waals surface area contributed by atoms with Crippen LogP contribution in [-0.2, 0) is 14.8 Å². The lowest BCUT2D eigenvalue weighted by atomic mass is 10.00. The monoisotopic (exact) mass is 499 g/mol. The number of hydrogen-bond acceptors (Lipinski definition) is 5. The van der Waals surface area contributed by atoms with Gasteiger partial charge in [-0.2, -0.15) is 5.10 Å². The third-order valence-corrected chi connectivity index (χ3v) is 7.55. The van der Waals surface area contributed by atoms with E-state index in [-0.39, 0.29) is 10.6 Å². The molecule has 0 spiro atoms. The van der Waals surface area contributed by atoms with Gasteiger partial charge in [0.1, 0.15) is 12.3 Å². The third kappa shape index (κ3) is 5.76. The number of hydrazone groups is 1. The van der Waals surface area contributed by atoms with E-state index >= 15 is 0 Å². The minimum absolute atomic E-state index is 0.00957. The van der Waals surface area contributed by atoms with E-state index in [2.05, 4.69) is 10.5 Å². The van der Waals surface area contributed by atoms with Crippen LogP contribution in [0.3, 0.4) is 0 Å². The number of methoxy groups -OCH3 is 1. The molecule has 0 unspecified atom stereocenters. The molecule has 0 radical (unpaired) electrons. The smallest absolute Gasteiger partial charge is 0.264 e. The Balaban J connectivity index is 1.85. The normalized spacial score (nSPS) is 11.4. The van der Waals surface area contributed by atoms with E-state index in [1.165, 1.54) is 30.9 Å². The van der Waals surface area contributed by atoms with E-state index in [0.29, 0.717) is 10.8 Å². The summed E-state index contributed by atoms with van der Waals surface area (Å²) in [5, 5.41) is 4.37. The molecule has 1 amide bonds. The average Bonchev–Trinajstić information content (AvgIpc) is 2.82. The van der Waals surface area contributed by atoms with Crippen LogP contribution in [0.2, 0.25) is 5.02 Å². The Morgan fingerprint density at radius 2 is 1.76 bits per heavy atom. The Bertz CT molecular complexity index is 1320. The summed E-state index contributed by atoms with van der Waals surface area (Å²) in [6.07, 6.45) is 1.54. The van der Waals surface area contributed by atoms with Crippen molar-refractivity contribution in [3.63, 3.8) is 0 Å². The maximum absolute atomic E-state index is 13.4. The Hall–Kier alpha value is -3.36. The third-order valence-electron chi connectivity index (χ3n) is 5.52. The van der Waals surface area contributed by atoms with E-state index in [1.807, 2.05) is 32.9 Å². The van der Waals surface area contributed by atoms with E-state index < -0.39 is 22.5 Å². The molecule has 7 nitrogen and oxygen atoms in total. The highest BCUT2D eigenvalue weighted by atomic mass is 35.5. The standard InChI is InChI=1S/C25H26ClN3O4S/c1-17-8-9-20(19(3)18(17)2)15-27-28-25(30)16-29(22-7-5-6-21(26)14-22)34(31,32)24-12-10-23(33-4)11-13-24/h5-15H,16H2,1-4H3,(H,28,30)/b27-15-. The van der Waals surface area contributed by atoms with Crippen molar-refractivity contribution in [2.45, 2.75) is 25.7 Å². The van der Waals surface area contributed by atoms with Crippen molar-refractivity contribution in [2.24, 2.45) is 5.10 Å². The Morgan fingerprint density at radius 1 is 1.06 bits per heavy atom. The number of sulfonamides is 1. The molecule has 0 saturated heterocycles. The van der Waals surface area contributed by atoms with Gasteiger partial charge in [-0.25, -0.2) is 13.8 Å². The molecule has 1 N–H and O–H groups in total. The minimum atomic E-state index is -4.08. The van der Waals surface area contributed by atoms with Crippen LogP contribution in [0, 0.1) is 20.8 Å². The van der Waals surface area contributed by atoms with E-state index in [0.717, 1.165) is 21.0 Å². The second kappa shape index (κ2) is 10.7. The molecule has 3 aromatic rings. The van der Waals surface area contributed by atoms with E-state index in [4.69, 9.17) is 16.3 Å². The summed E-state index contributed by atoms with van der Waals surface area (Å²) in [6.45, 7) is 5.54. The van der Waals surface area contributed by atoms with Gasteiger partial charge in [-0.3, -0.25) is 9.10 Å². The fraction of sp³-hybridized carbons (Fsp3) is 0.200. The number of carbonyl (C=O) groups is 1. The number of rotatable bonds is 8. The molecule has 3 aromatic carbocycles. The van der Waals surface area contributed by atoms with Gasteiger partial charge in [0.2, 0.25) is 0 Å². The molecule has 0 atom stereocenters. The second-order valence-corrected chi connectivity index (χ2v) is 9.98. The van der Waals surface area contributed by atoms with Crippen LogP contribution < -0.4 is 14.5 Å². The van der Waals surface area contributed by atoms with Crippen LogP contribution in [0.5, 0.6) is 5.75 Å². The number of amides is 1. The molecule has 0 aliphatic rings. The van der Waals surface area contributed by atoms with Gasteiger partial charge in [-0.1, -0.05) is 29.8 Å². The zero-order valence-corrected chi connectivity index (χ0v) is 20.9. The van der Waals surface area contributed by atoms with Gasteiger partial charge in [0.25, 0.3) is 15.9 Å². The lowest BCUT2D eigenvalue weighted by molar-refractivity contribution is -0.119. The summed E-state index contributed by atoms with van der Waals surface area (Å²) in [6, 6.07) is 16.1. The Labute approximate surface area is 205 Å². The molecule has 0 bridgehead atoms. The van der Waals surface area contributed by atoms with Crippen molar-refractivity contribution in [3.05, 3.63) is 87.9 Å². The lowest BCUT2D eigenvalue weighted by Crippen LogP contribution is -2.39. The van der Waals surface area contributed by atoms with Crippen LogP contribution in [0.25, 0.3) is 0 Å². The van der Waals surface area contributed by atoms with Crippen LogP contribution in [0.4, 0.5) is 5.69 Å². The highest BCUT2D eigenvalue weighted by Gasteiger charge is 2.27. The SMILES string of the molecule is COc1ccc(S(=O)(=O)N(CC(=O)N/N=C\c2ccc(C)c(C)c2C)c2cccc(Cl)c2)cc1. The number of aryl methyl sites for hydroxylation is 1. The number of benzene rings is 3. The topological polar surface area (TPSA) is 88.1 Å². The number of nitrogens with zero attached hydrogens (tertiary/aromatic N) is 2. The molecular weight excluding hydrogens is 474 g/mol. The first kappa shape index (κ1) is 25.3. The van der Waals surface area contributed by atoms with E-state index in [9.17, 15) is 13.2 Å². The maximum atomic E-state index is 13.4. The molecule has 0 heterocycles. The van der Waals surface area contributed by atoms with Crippen LogP contribution in [0.15, 0.2) is 70.7 Å². The Morgan fingerprint density at radius 3 is 2.41 bits per heavy atom. The van der Waals surface area contributed by atoms with Crippen molar-refractivity contribution in [3.8, 4) is 5.75 Å². The fourth-order valence-corrected chi connectivity index (χ4v) is 4.88. The molecule has 9 heteroatoms. The number of hydrogen-bond donors (Lipinski definition) is 1. The van der Waals surface area contributed by atoms with Crippen molar-refractivity contribution in [2.75, 3.05) is 18.0 Å². The molecule has 0 aromatic heterocycles. The largest absolute Gasteiger partial charge is 0.497 e. The molecule has 34 heavy (non-hydrogen) atoms. The summed E-state index contributed by atoms with van der Waals surface area (Å²) in [5.41, 5.74) is 6.91. The molecule has 3 rings (SSSR count). The summed E-state index contributed by atoms with van der Waals surface area (Å²) < 4.78 is 32.9. The first-order valence-electron chi connectivity index (χ1n) is 10.4. The predicted molar refractivity (Wildman–Crippen MR) is 135 cm³/mol. The van der Waals surface area contributed by atoms with Crippen molar-refractivity contribution in [1.29, 1.82) is 0 Å².